The zero-order valence-electron chi connectivity index (χ0n) is 5.66. The van der Waals surface area contributed by atoms with E-state index >= 15 is 0 Å². The fraction of sp³-hybridized carbons (Fsp3) is 0.800. The molecule has 1 heterocycles. The number of hydrogen-bond acceptors (Lipinski definition) is 3. The van der Waals surface area contributed by atoms with Gasteiger partial charge in [0.1, 0.15) is 0 Å². The number of carbonyl (C=O) groups is 1. The summed E-state index contributed by atoms with van der Waals surface area (Å²) in [5.74, 6) is -1.27. The minimum Gasteiger partial charge on any atom is -0.467 e. The Hall–Kier alpha value is -0.780. The highest BCUT2D eigenvalue weighted by atomic mass is 19.4. The van der Waals surface area contributed by atoms with Gasteiger partial charge in [0.05, 0.1) is 7.11 Å². The van der Waals surface area contributed by atoms with E-state index in [0.717, 1.165) is 7.11 Å². The van der Waals surface area contributed by atoms with Crippen molar-refractivity contribution < 1.29 is 22.7 Å². The smallest absolute Gasteiger partial charge is 0.418 e. The van der Waals surface area contributed by atoms with Crippen LogP contribution in [0.15, 0.2) is 0 Å². The molecule has 0 aromatic heterocycles. The average molecular weight is 169 g/mol. The first kappa shape index (κ1) is 8.32. The van der Waals surface area contributed by atoms with Crippen LogP contribution in [0.1, 0.15) is 0 Å². The minimum absolute atomic E-state index is 0.386. The summed E-state index contributed by atoms with van der Waals surface area (Å²) in [6.07, 6.45) is -4.56. The van der Waals surface area contributed by atoms with Gasteiger partial charge in [-0.25, -0.2) is 4.79 Å². The van der Waals surface area contributed by atoms with E-state index in [2.05, 4.69) is 4.74 Å². The Morgan fingerprint density at radius 3 is 2.18 bits per heavy atom. The van der Waals surface area contributed by atoms with Crippen LogP contribution in [0, 0.1) is 0 Å². The molecule has 0 aromatic carbocycles. The molecule has 0 saturated carbocycles. The van der Waals surface area contributed by atoms with Crippen LogP contribution in [0.25, 0.3) is 0 Å². The number of alkyl halides is 3. The fourth-order valence-corrected chi connectivity index (χ4v) is 0.723. The Morgan fingerprint density at radius 1 is 1.64 bits per heavy atom. The molecule has 3 nitrogen and oxygen atoms in total. The summed E-state index contributed by atoms with van der Waals surface area (Å²) in [4.78, 5) is 10.5. The maximum absolute atomic E-state index is 12.0. The van der Waals surface area contributed by atoms with Crippen molar-refractivity contribution in [2.75, 3.05) is 13.7 Å². The Labute approximate surface area is 60.5 Å². The Kier molecular flexibility index (Phi) is 1.59. The lowest BCUT2D eigenvalue weighted by molar-refractivity contribution is -0.185. The standard InChI is InChI=1S/C5H6F3NO2/c1-11-3(10)4(2-9-4)5(6,7)8/h9H,2H2,1H3/t4-/m0/s1. The molecular formula is C5H6F3NO2. The summed E-state index contributed by atoms with van der Waals surface area (Å²) < 4.78 is 39.9. The fourth-order valence-electron chi connectivity index (χ4n) is 0.723. The van der Waals surface area contributed by atoms with Gasteiger partial charge in [-0.2, -0.15) is 13.2 Å². The number of rotatable bonds is 1. The lowest BCUT2D eigenvalue weighted by Crippen LogP contribution is -2.44. The second-order valence-electron chi connectivity index (χ2n) is 2.25. The quantitative estimate of drug-likeness (QED) is 0.446. The highest BCUT2D eigenvalue weighted by Gasteiger charge is 2.70. The summed E-state index contributed by atoms with van der Waals surface area (Å²) in [6, 6.07) is 0. The van der Waals surface area contributed by atoms with E-state index in [1.165, 1.54) is 0 Å². The molecule has 0 aromatic rings. The van der Waals surface area contributed by atoms with E-state index < -0.39 is 17.7 Å². The van der Waals surface area contributed by atoms with E-state index in [1.54, 1.807) is 0 Å². The topological polar surface area (TPSA) is 48.2 Å². The summed E-state index contributed by atoms with van der Waals surface area (Å²) in [5, 5.41) is 1.94. The molecule has 0 spiro atoms. The van der Waals surface area contributed by atoms with Crippen LogP contribution in [0.4, 0.5) is 13.2 Å². The van der Waals surface area contributed by atoms with Crippen molar-refractivity contribution in [2.45, 2.75) is 11.7 Å². The number of hydrogen-bond donors (Lipinski definition) is 1. The van der Waals surface area contributed by atoms with Gasteiger partial charge in [-0.05, 0) is 0 Å². The summed E-state index contributed by atoms with van der Waals surface area (Å²) in [7, 11) is 0.926. The second kappa shape index (κ2) is 2.10. The molecule has 1 aliphatic rings. The van der Waals surface area contributed by atoms with Crippen molar-refractivity contribution in [3.63, 3.8) is 0 Å². The van der Waals surface area contributed by atoms with Gasteiger partial charge in [-0.15, -0.1) is 0 Å². The molecular weight excluding hydrogens is 163 g/mol. The maximum Gasteiger partial charge on any atom is 0.418 e. The van der Waals surface area contributed by atoms with Crippen molar-refractivity contribution in [3.05, 3.63) is 0 Å². The molecule has 64 valence electrons. The highest BCUT2D eigenvalue weighted by molar-refractivity contribution is 5.85. The lowest BCUT2D eigenvalue weighted by atomic mass is 10.1. The molecule has 1 fully saturated rings. The zero-order chi connectivity index (χ0) is 8.70. The van der Waals surface area contributed by atoms with E-state index in [0.29, 0.717) is 0 Å². The SMILES string of the molecule is COC(=O)[C@]1(C(F)(F)F)CN1. The third kappa shape index (κ3) is 1.07. The van der Waals surface area contributed by atoms with E-state index in [9.17, 15) is 18.0 Å². The molecule has 1 atom stereocenters. The van der Waals surface area contributed by atoms with Crippen LogP contribution in [0.5, 0.6) is 0 Å². The molecule has 0 amide bonds. The van der Waals surface area contributed by atoms with Gasteiger partial charge in [0.15, 0.2) is 0 Å². The summed E-state index contributed by atoms with van der Waals surface area (Å²) in [5.41, 5.74) is -2.41. The normalized spacial score (nSPS) is 29.8. The Balaban J connectivity index is 2.76. The van der Waals surface area contributed by atoms with Crippen LogP contribution < -0.4 is 5.32 Å². The molecule has 0 aliphatic carbocycles. The number of carbonyl (C=O) groups excluding carboxylic acids is 1. The number of esters is 1. The van der Waals surface area contributed by atoms with Crippen molar-refractivity contribution in [1.82, 2.24) is 5.32 Å². The Morgan fingerprint density at radius 2 is 2.09 bits per heavy atom. The van der Waals surface area contributed by atoms with Gasteiger partial charge in [-0.1, -0.05) is 0 Å². The maximum atomic E-state index is 12.0. The Bertz CT molecular complexity index is 185. The van der Waals surface area contributed by atoms with Gasteiger partial charge in [0.25, 0.3) is 0 Å². The molecule has 6 heteroatoms. The molecule has 0 unspecified atom stereocenters. The summed E-state index contributed by atoms with van der Waals surface area (Å²) >= 11 is 0. The monoisotopic (exact) mass is 169 g/mol. The molecule has 1 aliphatic heterocycles. The van der Waals surface area contributed by atoms with E-state index in [-0.39, 0.29) is 6.54 Å². The van der Waals surface area contributed by atoms with Gasteiger partial charge in [-0.3, -0.25) is 5.32 Å². The van der Waals surface area contributed by atoms with Crippen LogP contribution in [0.3, 0.4) is 0 Å². The first-order valence-corrected chi connectivity index (χ1v) is 2.84. The molecule has 0 bridgehead atoms. The van der Waals surface area contributed by atoms with Crippen molar-refractivity contribution in [2.24, 2.45) is 0 Å². The van der Waals surface area contributed by atoms with Gasteiger partial charge < -0.3 is 4.74 Å². The largest absolute Gasteiger partial charge is 0.467 e. The van der Waals surface area contributed by atoms with Gasteiger partial charge in [0, 0.05) is 6.54 Å². The molecule has 0 radical (unpaired) electrons. The molecule has 11 heavy (non-hydrogen) atoms. The predicted molar refractivity (Wildman–Crippen MR) is 28.8 cm³/mol. The molecule has 1 rings (SSSR count). The van der Waals surface area contributed by atoms with Crippen LogP contribution >= 0.6 is 0 Å². The highest BCUT2D eigenvalue weighted by Crippen LogP contribution is 2.38. The number of ether oxygens (including phenoxy) is 1. The summed E-state index contributed by atoms with van der Waals surface area (Å²) in [6.45, 7) is -0.386. The van der Waals surface area contributed by atoms with Crippen LogP contribution in [0.2, 0.25) is 0 Å². The average Bonchev–Trinajstić information content (AvgIpc) is 2.63. The van der Waals surface area contributed by atoms with Crippen molar-refractivity contribution >= 4 is 5.97 Å². The number of methoxy groups -OCH3 is 1. The first-order chi connectivity index (χ1) is 4.94. The van der Waals surface area contributed by atoms with Gasteiger partial charge in [0.2, 0.25) is 5.54 Å². The molecule has 1 saturated heterocycles. The minimum atomic E-state index is -4.56. The van der Waals surface area contributed by atoms with E-state index in [1.807, 2.05) is 5.32 Å². The van der Waals surface area contributed by atoms with Crippen molar-refractivity contribution in [3.8, 4) is 0 Å². The van der Waals surface area contributed by atoms with Crippen LogP contribution in [-0.4, -0.2) is 31.3 Å². The number of nitrogens with one attached hydrogen (secondary N) is 1. The second-order valence-corrected chi connectivity index (χ2v) is 2.25. The third-order valence-electron chi connectivity index (χ3n) is 1.55. The van der Waals surface area contributed by atoms with E-state index in [4.69, 9.17) is 0 Å². The van der Waals surface area contributed by atoms with Gasteiger partial charge >= 0.3 is 12.1 Å². The van der Waals surface area contributed by atoms with Crippen molar-refractivity contribution in [1.29, 1.82) is 0 Å². The first-order valence-electron chi connectivity index (χ1n) is 2.84. The lowest BCUT2D eigenvalue weighted by Gasteiger charge is -2.14. The van der Waals surface area contributed by atoms with Crippen LogP contribution in [-0.2, 0) is 9.53 Å². The predicted octanol–water partition coefficient (Wildman–Crippen LogP) is 0.0637. The number of halogens is 3. The zero-order valence-corrected chi connectivity index (χ0v) is 5.66. The third-order valence-corrected chi connectivity index (χ3v) is 1.55. The molecule has 1 N–H and O–H groups in total.